The summed E-state index contributed by atoms with van der Waals surface area (Å²) in [6, 6.07) is 19.3. The van der Waals surface area contributed by atoms with Gasteiger partial charge < -0.3 is 10.2 Å². The van der Waals surface area contributed by atoms with E-state index in [2.05, 4.69) is 34.0 Å². The molecular weight excluding hydrogens is 416 g/mol. The van der Waals surface area contributed by atoms with Crippen LogP contribution in [0.1, 0.15) is 35.3 Å². The molecule has 0 saturated carbocycles. The van der Waals surface area contributed by atoms with E-state index in [1.54, 1.807) is 6.07 Å². The van der Waals surface area contributed by atoms with Crippen LogP contribution in [-0.4, -0.2) is 29.0 Å². The molecule has 0 saturated heterocycles. The molecule has 0 bridgehead atoms. The van der Waals surface area contributed by atoms with Crippen LogP contribution >= 0.6 is 23.4 Å². The Morgan fingerprint density at radius 2 is 1.73 bits per heavy atom. The second-order valence-electron chi connectivity index (χ2n) is 6.66. The summed E-state index contributed by atoms with van der Waals surface area (Å²) >= 11 is 7.70. The minimum Gasteiger partial charge on any atom is -0.357 e. The standard InChI is InChI=1S/C23H25ClN4OS/c1-3-28(4-2)21-14-20(24)26-23(27-21)30-16-18-11-8-12-19(13-18)22(29)25-15-17-9-6-5-7-10-17/h5-14H,3-4,15-16H2,1-2H3,(H,25,29). The fourth-order valence-corrected chi connectivity index (χ4v) is 4.01. The van der Waals surface area contributed by atoms with Crippen molar-refractivity contribution in [1.29, 1.82) is 0 Å². The Morgan fingerprint density at radius 1 is 1.00 bits per heavy atom. The molecule has 30 heavy (non-hydrogen) atoms. The van der Waals surface area contributed by atoms with Gasteiger partial charge in [-0.15, -0.1) is 0 Å². The van der Waals surface area contributed by atoms with Crippen LogP contribution in [0.4, 0.5) is 5.82 Å². The average Bonchev–Trinajstić information content (AvgIpc) is 2.77. The first-order valence-corrected chi connectivity index (χ1v) is 11.3. The Kier molecular flexibility index (Phi) is 8.11. The summed E-state index contributed by atoms with van der Waals surface area (Å²) in [6.45, 7) is 6.38. The van der Waals surface area contributed by atoms with E-state index in [-0.39, 0.29) is 5.91 Å². The van der Waals surface area contributed by atoms with Crippen LogP contribution in [0.2, 0.25) is 5.15 Å². The van der Waals surface area contributed by atoms with Gasteiger partial charge in [-0.25, -0.2) is 9.97 Å². The van der Waals surface area contributed by atoms with Gasteiger partial charge in [-0.2, -0.15) is 0 Å². The van der Waals surface area contributed by atoms with E-state index < -0.39 is 0 Å². The van der Waals surface area contributed by atoms with Gasteiger partial charge in [-0.3, -0.25) is 4.79 Å². The summed E-state index contributed by atoms with van der Waals surface area (Å²) < 4.78 is 0. The number of benzene rings is 2. The van der Waals surface area contributed by atoms with Gasteiger partial charge in [0.2, 0.25) is 0 Å². The lowest BCUT2D eigenvalue weighted by Gasteiger charge is -2.20. The number of nitrogens with zero attached hydrogens (tertiary/aromatic N) is 3. The highest BCUT2D eigenvalue weighted by atomic mass is 35.5. The third-order valence-corrected chi connectivity index (χ3v) is 5.71. The molecule has 7 heteroatoms. The van der Waals surface area contributed by atoms with E-state index in [4.69, 9.17) is 11.6 Å². The zero-order chi connectivity index (χ0) is 21.3. The van der Waals surface area contributed by atoms with Crippen molar-refractivity contribution >= 4 is 35.1 Å². The number of carbonyl (C=O) groups is 1. The Balaban J connectivity index is 1.63. The van der Waals surface area contributed by atoms with Crippen LogP contribution in [0, 0.1) is 0 Å². The summed E-state index contributed by atoms with van der Waals surface area (Å²) in [4.78, 5) is 23.6. The minimum atomic E-state index is -0.0893. The predicted molar refractivity (Wildman–Crippen MR) is 124 cm³/mol. The highest BCUT2D eigenvalue weighted by Crippen LogP contribution is 2.25. The normalized spacial score (nSPS) is 10.6. The number of nitrogens with one attached hydrogen (secondary N) is 1. The highest BCUT2D eigenvalue weighted by molar-refractivity contribution is 7.98. The lowest BCUT2D eigenvalue weighted by Crippen LogP contribution is -2.23. The molecule has 1 N–H and O–H groups in total. The third-order valence-electron chi connectivity index (χ3n) is 4.60. The molecule has 0 atom stereocenters. The van der Waals surface area contributed by atoms with Crippen molar-refractivity contribution in [3.8, 4) is 0 Å². The molecule has 0 aliphatic rings. The zero-order valence-corrected chi connectivity index (χ0v) is 18.7. The molecule has 0 aliphatic carbocycles. The maximum atomic E-state index is 12.5. The molecule has 0 radical (unpaired) electrons. The fourth-order valence-electron chi connectivity index (χ4n) is 2.99. The number of hydrogen-bond acceptors (Lipinski definition) is 5. The molecule has 1 heterocycles. The molecule has 0 fully saturated rings. The second kappa shape index (κ2) is 11.0. The van der Waals surface area contributed by atoms with Gasteiger partial charge in [0.15, 0.2) is 5.16 Å². The monoisotopic (exact) mass is 440 g/mol. The van der Waals surface area contributed by atoms with E-state index in [0.717, 1.165) is 30.0 Å². The highest BCUT2D eigenvalue weighted by Gasteiger charge is 2.10. The summed E-state index contributed by atoms with van der Waals surface area (Å²) in [5, 5.41) is 4.02. The number of halogens is 1. The van der Waals surface area contributed by atoms with E-state index in [1.807, 2.05) is 54.6 Å². The van der Waals surface area contributed by atoms with Crippen LogP contribution in [0.3, 0.4) is 0 Å². The van der Waals surface area contributed by atoms with Crippen LogP contribution in [-0.2, 0) is 12.3 Å². The van der Waals surface area contributed by atoms with Crippen molar-refractivity contribution < 1.29 is 4.79 Å². The number of amides is 1. The molecule has 3 rings (SSSR count). The van der Waals surface area contributed by atoms with Crippen molar-refractivity contribution in [1.82, 2.24) is 15.3 Å². The third kappa shape index (κ3) is 6.21. The molecule has 5 nitrogen and oxygen atoms in total. The number of anilines is 1. The van der Waals surface area contributed by atoms with Crippen molar-refractivity contribution in [2.45, 2.75) is 31.3 Å². The van der Waals surface area contributed by atoms with Crippen molar-refractivity contribution in [2.75, 3.05) is 18.0 Å². The second-order valence-corrected chi connectivity index (χ2v) is 7.99. The number of carbonyl (C=O) groups excluding carboxylic acids is 1. The largest absolute Gasteiger partial charge is 0.357 e. The van der Waals surface area contributed by atoms with Crippen LogP contribution in [0.25, 0.3) is 0 Å². The summed E-state index contributed by atoms with van der Waals surface area (Å²) in [7, 11) is 0. The Morgan fingerprint density at radius 3 is 2.47 bits per heavy atom. The first-order valence-electron chi connectivity index (χ1n) is 9.92. The Bertz CT molecular complexity index is 980. The van der Waals surface area contributed by atoms with E-state index in [0.29, 0.717) is 28.2 Å². The number of hydrogen-bond donors (Lipinski definition) is 1. The Hall–Kier alpha value is -2.57. The molecule has 3 aromatic rings. The topological polar surface area (TPSA) is 58.1 Å². The molecule has 0 spiro atoms. The maximum Gasteiger partial charge on any atom is 0.251 e. The van der Waals surface area contributed by atoms with Gasteiger partial charge in [0.1, 0.15) is 11.0 Å². The molecule has 2 aromatic carbocycles. The van der Waals surface area contributed by atoms with Gasteiger partial charge in [-0.05, 0) is 37.1 Å². The van der Waals surface area contributed by atoms with Gasteiger partial charge in [0.25, 0.3) is 5.91 Å². The van der Waals surface area contributed by atoms with Gasteiger partial charge >= 0.3 is 0 Å². The van der Waals surface area contributed by atoms with Crippen molar-refractivity contribution in [3.63, 3.8) is 0 Å². The first kappa shape index (κ1) is 22.1. The summed E-state index contributed by atoms with van der Waals surface area (Å²) in [6.07, 6.45) is 0. The molecule has 0 unspecified atom stereocenters. The zero-order valence-electron chi connectivity index (χ0n) is 17.1. The summed E-state index contributed by atoms with van der Waals surface area (Å²) in [5.41, 5.74) is 2.74. The van der Waals surface area contributed by atoms with Crippen LogP contribution in [0.5, 0.6) is 0 Å². The quantitative estimate of drug-likeness (QED) is 0.281. The molecule has 156 valence electrons. The van der Waals surface area contributed by atoms with Crippen molar-refractivity contribution in [2.24, 2.45) is 0 Å². The van der Waals surface area contributed by atoms with Crippen LogP contribution < -0.4 is 10.2 Å². The van der Waals surface area contributed by atoms with E-state index >= 15 is 0 Å². The lowest BCUT2D eigenvalue weighted by molar-refractivity contribution is 0.0951. The summed E-state index contributed by atoms with van der Waals surface area (Å²) in [5.74, 6) is 1.39. The lowest BCUT2D eigenvalue weighted by atomic mass is 10.1. The number of rotatable bonds is 9. The molecule has 1 aromatic heterocycles. The molecule has 0 aliphatic heterocycles. The maximum absolute atomic E-state index is 12.5. The van der Waals surface area contributed by atoms with Gasteiger partial charge in [-0.1, -0.05) is 65.8 Å². The van der Waals surface area contributed by atoms with E-state index in [9.17, 15) is 4.79 Å². The number of thioether (sulfide) groups is 1. The molecule has 1 amide bonds. The van der Waals surface area contributed by atoms with E-state index in [1.165, 1.54) is 11.8 Å². The smallest absolute Gasteiger partial charge is 0.251 e. The molecular formula is C23H25ClN4OS. The van der Waals surface area contributed by atoms with Crippen LogP contribution in [0.15, 0.2) is 65.8 Å². The first-order chi connectivity index (χ1) is 14.6. The van der Waals surface area contributed by atoms with Gasteiger partial charge in [0.05, 0.1) is 0 Å². The van der Waals surface area contributed by atoms with Gasteiger partial charge in [0, 0.05) is 37.0 Å². The Labute approximate surface area is 186 Å². The SMILES string of the molecule is CCN(CC)c1cc(Cl)nc(SCc2cccc(C(=O)NCc3ccccc3)c2)n1. The predicted octanol–water partition coefficient (Wildman–Crippen LogP) is 5.20. The number of aromatic nitrogens is 2. The van der Waals surface area contributed by atoms with Crippen molar-refractivity contribution in [3.05, 3.63) is 82.5 Å². The fraction of sp³-hybridized carbons (Fsp3) is 0.261. The average molecular weight is 441 g/mol. The minimum absolute atomic E-state index is 0.0893.